The Balaban J connectivity index is 1.66. The minimum absolute atomic E-state index is 0.292. The van der Waals surface area contributed by atoms with Gasteiger partial charge in [0.05, 0.1) is 27.9 Å². The molecule has 1 aromatic heterocycles. The number of nitrogens with zero attached hydrogens (tertiary/aromatic N) is 4. The number of aryl methyl sites for hydroxylation is 1. The number of carbonyl (C=O) groups is 1. The Morgan fingerprint density at radius 1 is 0.970 bits per heavy atom. The molecule has 1 aliphatic heterocycles. The van der Waals surface area contributed by atoms with Gasteiger partial charge in [-0.2, -0.15) is 0 Å². The molecule has 2 heterocycles. The van der Waals surface area contributed by atoms with Crippen LogP contribution in [0.5, 0.6) is 17.2 Å². The first-order valence-corrected chi connectivity index (χ1v) is 11.0. The lowest BCUT2D eigenvalue weighted by atomic mass is 10.2. The monoisotopic (exact) mass is 451 g/mol. The summed E-state index contributed by atoms with van der Waals surface area (Å²) in [5.41, 5.74) is 1.54. The topological polar surface area (TPSA) is 90.7 Å². The molecule has 0 unspecified atom stereocenters. The van der Waals surface area contributed by atoms with Gasteiger partial charge in [0.2, 0.25) is 5.95 Å². The number of fused-ring (bicyclic) bond motifs is 1. The van der Waals surface area contributed by atoms with Gasteiger partial charge in [0.15, 0.2) is 11.5 Å². The van der Waals surface area contributed by atoms with E-state index in [2.05, 4.69) is 20.1 Å². The molecule has 4 rings (SSSR count). The van der Waals surface area contributed by atoms with Crippen LogP contribution in [0, 0.1) is 0 Å². The second-order valence-corrected chi connectivity index (χ2v) is 7.81. The Kier molecular flexibility index (Phi) is 6.97. The molecular weight excluding hydrogens is 422 g/mol. The van der Waals surface area contributed by atoms with Crippen LogP contribution in [0.2, 0.25) is 0 Å². The predicted octanol–water partition coefficient (Wildman–Crippen LogP) is 4.27. The number of anilines is 2. The fourth-order valence-electron chi connectivity index (χ4n) is 3.93. The molecule has 0 fully saturated rings. The van der Waals surface area contributed by atoms with E-state index in [-0.39, 0.29) is 6.03 Å². The molecular formula is C24H29N5O4. The minimum atomic E-state index is -0.297. The van der Waals surface area contributed by atoms with Crippen LogP contribution in [0.3, 0.4) is 0 Å². The van der Waals surface area contributed by atoms with E-state index in [1.165, 1.54) is 0 Å². The van der Waals surface area contributed by atoms with Crippen molar-refractivity contribution in [3.63, 3.8) is 0 Å². The average molecular weight is 452 g/mol. The van der Waals surface area contributed by atoms with Crippen LogP contribution >= 0.6 is 0 Å². The Labute approximate surface area is 193 Å². The molecule has 2 amide bonds. The molecule has 0 aliphatic carbocycles. The van der Waals surface area contributed by atoms with E-state index < -0.39 is 0 Å². The molecule has 174 valence electrons. The van der Waals surface area contributed by atoms with E-state index in [1.807, 2.05) is 18.2 Å². The van der Waals surface area contributed by atoms with Crippen molar-refractivity contribution in [2.75, 3.05) is 31.5 Å². The first-order valence-electron chi connectivity index (χ1n) is 11.0. The predicted molar refractivity (Wildman–Crippen MR) is 125 cm³/mol. The molecule has 33 heavy (non-hydrogen) atoms. The lowest BCUT2D eigenvalue weighted by molar-refractivity contribution is 0.256. The highest BCUT2D eigenvalue weighted by Crippen LogP contribution is 2.29. The number of hydrogen-bond acceptors (Lipinski definition) is 6. The van der Waals surface area contributed by atoms with Gasteiger partial charge in [-0.3, -0.25) is 9.47 Å². The van der Waals surface area contributed by atoms with Crippen LogP contribution in [-0.2, 0) is 19.5 Å². The van der Waals surface area contributed by atoms with Gasteiger partial charge in [0.1, 0.15) is 11.6 Å². The number of benzene rings is 2. The summed E-state index contributed by atoms with van der Waals surface area (Å²) in [5.74, 6) is 3.40. The molecule has 0 spiro atoms. The Morgan fingerprint density at radius 2 is 1.76 bits per heavy atom. The number of nitrogens with one attached hydrogen (secondary N) is 1. The molecule has 0 saturated heterocycles. The van der Waals surface area contributed by atoms with Crippen molar-refractivity contribution in [3.05, 3.63) is 53.9 Å². The molecule has 0 saturated carbocycles. The SMILES string of the molecule is COc1ccc(NC(=O)N(Cc2ccc(OC)c(OC)c2)c2nnc3n2CCCCC3)cc1. The van der Waals surface area contributed by atoms with Gasteiger partial charge in [-0.15, -0.1) is 10.2 Å². The molecule has 0 radical (unpaired) electrons. The Bertz CT molecular complexity index is 1100. The largest absolute Gasteiger partial charge is 0.497 e. The van der Waals surface area contributed by atoms with Crippen LogP contribution in [-0.4, -0.2) is 42.1 Å². The zero-order valence-corrected chi connectivity index (χ0v) is 19.2. The summed E-state index contributed by atoms with van der Waals surface area (Å²) in [4.78, 5) is 15.1. The summed E-state index contributed by atoms with van der Waals surface area (Å²) in [6.45, 7) is 1.08. The second kappa shape index (κ2) is 10.2. The molecule has 9 heteroatoms. The van der Waals surface area contributed by atoms with E-state index in [0.717, 1.165) is 49.4 Å². The minimum Gasteiger partial charge on any atom is -0.497 e. The van der Waals surface area contributed by atoms with E-state index in [1.54, 1.807) is 50.5 Å². The Hall–Kier alpha value is -3.75. The first-order chi connectivity index (χ1) is 16.1. The number of rotatable bonds is 7. The van der Waals surface area contributed by atoms with Gasteiger partial charge in [-0.05, 0) is 54.8 Å². The summed E-state index contributed by atoms with van der Waals surface area (Å²) in [5, 5.41) is 11.8. The average Bonchev–Trinajstić information content (AvgIpc) is 3.09. The maximum Gasteiger partial charge on any atom is 0.329 e. The van der Waals surface area contributed by atoms with Gasteiger partial charge in [0.25, 0.3) is 0 Å². The van der Waals surface area contributed by atoms with Crippen LogP contribution in [0.15, 0.2) is 42.5 Å². The quantitative estimate of drug-likeness (QED) is 0.577. The molecule has 0 bridgehead atoms. The molecule has 1 N–H and O–H groups in total. The van der Waals surface area contributed by atoms with Gasteiger partial charge >= 0.3 is 6.03 Å². The van der Waals surface area contributed by atoms with Gasteiger partial charge in [-0.25, -0.2) is 4.79 Å². The second-order valence-electron chi connectivity index (χ2n) is 7.81. The van der Waals surface area contributed by atoms with E-state index in [9.17, 15) is 4.79 Å². The summed E-state index contributed by atoms with van der Waals surface area (Å²) in [7, 11) is 4.79. The van der Waals surface area contributed by atoms with Crippen LogP contribution in [0.4, 0.5) is 16.4 Å². The van der Waals surface area contributed by atoms with Crippen molar-refractivity contribution in [1.82, 2.24) is 14.8 Å². The van der Waals surface area contributed by atoms with Crippen molar-refractivity contribution < 1.29 is 19.0 Å². The number of aromatic nitrogens is 3. The van der Waals surface area contributed by atoms with E-state index >= 15 is 0 Å². The molecule has 1 aliphatic rings. The Morgan fingerprint density at radius 3 is 2.48 bits per heavy atom. The molecule has 3 aromatic rings. The lowest BCUT2D eigenvalue weighted by Gasteiger charge is -2.23. The van der Waals surface area contributed by atoms with Gasteiger partial charge in [0, 0.05) is 18.7 Å². The third-order valence-corrected chi connectivity index (χ3v) is 5.71. The highest BCUT2D eigenvalue weighted by atomic mass is 16.5. The number of carbonyl (C=O) groups excluding carboxylic acids is 1. The highest BCUT2D eigenvalue weighted by molar-refractivity contribution is 6.00. The van der Waals surface area contributed by atoms with Gasteiger partial charge in [-0.1, -0.05) is 12.5 Å². The van der Waals surface area contributed by atoms with Crippen molar-refractivity contribution in [2.24, 2.45) is 0 Å². The van der Waals surface area contributed by atoms with Crippen LogP contribution in [0.25, 0.3) is 0 Å². The zero-order valence-electron chi connectivity index (χ0n) is 19.2. The van der Waals surface area contributed by atoms with Crippen molar-refractivity contribution in [1.29, 1.82) is 0 Å². The molecule has 2 aromatic carbocycles. The number of amides is 2. The molecule has 0 atom stereocenters. The number of ether oxygens (including phenoxy) is 3. The first kappa shape index (κ1) is 22.4. The van der Waals surface area contributed by atoms with Crippen LogP contribution < -0.4 is 24.4 Å². The highest BCUT2D eigenvalue weighted by Gasteiger charge is 2.25. The van der Waals surface area contributed by atoms with Crippen LogP contribution in [0.1, 0.15) is 30.7 Å². The van der Waals surface area contributed by atoms with Crippen molar-refractivity contribution >= 4 is 17.7 Å². The number of hydrogen-bond donors (Lipinski definition) is 1. The fourth-order valence-corrected chi connectivity index (χ4v) is 3.93. The lowest BCUT2D eigenvalue weighted by Crippen LogP contribution is -2.36. The summed E-state index contributed by atoms with van der Waals surface area (Å²) in [6, 6.07) is 12.5. The zero-order chi connectivity index (χ0) is 23.2. The summed E-state index contributed by atoms with van der Waals surface area (Å²) in [6.07, 6.45) is 4.10. The van der Waals surface area contributed by atoms with E-state index in [0.29, 0.717) is 29.7 Å². The smallest absolute Gasteiger partial charge is 0.329 e. The normalized spacial score (nSPS) is 12.9. The third kappa shape index (κ3) is 5.02. The van der Waals surface area contributed by atoms with Gasteiger partial charge < -0.3 is 19.5 Å². The van der Waals surface area contributed by atoms with Crippen molar-refractivity contribution in [3.8, 4) is 17.2 Å². The standard InChI is InChI=1S/C24H29N5O4/c1-31-19-11-9-18(10-12-19)25-24(30)29(16-17-8-13-20(32-2)21(15-17)33-3)23-27-26-22-7-5-4-6-14-28(22)23/h8-13,15H,4-7,14,16H2,1-3H3,(H,25,30). The number of methoxy groups -OCH3 is 3. The maximum atomic E-state index is 13.5. The molecule has 9 nitrogen and oxygen atoms in total. The maximum absolute atomic E-state index is 13.5. The number of urea groups is 1. The summed E-state index contributed by atoms with van der Waals surface area (Å²) < 4.78 is 18.1. The fraction of sp³-hybridized carbons (Fsp3) is 0.375. The third-order valence-electron chi connectivity index (χ3n) is 5.71. The summed E-state index contributed by atoms with van der Waals surface area (Å²) >= 11 is 0. The van der Waals surface area contributed by atoms with Crippen molar-refractivity contribution in [2.45, 2.75) is 38.8 Å². The van der Waals surface area contributed by atoms with E-state index in [4.69, 9.17) is 14.2 Å².